The van der Waals surface area contributed by atoms with Gasteiger partial charge in [0, 0.05) is 29.3 Å². The number of aryl methyl sites for hydroxylation is 1. The van der Waals surface area contributed by atoms with Crippen molar-refractivity contribution in [2.75, 3.05) is 11.9 Å². The topological polar surface area (TPSA) is 37.8 Å². The van der Waals surface area contributed by atoms with Crippen molar-refractivity contribution in [3.05, 3.63) is 38.9 Å². The molecule has 0 bridgehead atoms. The average Bonchev–Trinajstić information content (AvgIpc) is 2.91. The van der Waals surface area contributed by atoms with Crippen LogP contribution in [0, 0.1) is 0 Å². The number of anilines is 1. The number of thiophene rings is 1. The summed E-state index contributed by atoms with van der Waals surface area (Å²) >= 11 is 5.25. The minimum Gasteiger partial charge on any atom is -0.369 e. The Bertz CT molecular complexity index is 552. The van der Waals surface area contributed by atoms with Crippen LogP contribution in [0.25, 0.3) is 0 Å². The van der Waals surface area contributed by atoms with Crippen molar-refractivity contribution < 1.29 is 0 Å². The van der Waals surface area contributed by atoms with Crippen molar-refractivity contribution in [1.82, 2.24) is 9.97 Å². The summed E-state index contributed by atoms with van der Waals surface area (Å²) in [6.45, 7) is 7.48. The summed E-state index contributed by atoms with van der Waals surface area (Å²) in [6.07, 6.45) is 1.96. The van der Waals surface area contributed by atoms with E-state index >= 15 is 0 Å². The summed E-state index contributed by atoms with van der Waals surface area (Å²) in [6, 6.07) is 6.22. The zero-order valence-corrected chi connectivity index (χ0v) is 14.5. The van der Waals surface area contributed by atoms with Gasteiger partial charge in [0.05, 0.1) is 0 Å². The van der Waals surface area contributed by atoms with Gasteiger partial charge in [-0.25, -0.2) is 9.97 Å². The number of rotatable bonds is 6. The maximum Gasteiger partial charge on any atom is 0.132 e. The third kappa shape index (κ3) is 4.03. The second-order valence-electron chi connectivity index (χ2n) is 5.46. The standard InChI is InChI=1S/C15H20BrN3S/c1-4-6-13-18-12(16)9-14(19-13)17-10-15(2,3)11-7-5-8-20-11/h5,7-9H,4,6,10H2,1-3H3,(H,17,18,19). The van der Waals surface area contributed by atoms with Crippen LogP contribution in [0.3, 0.4) is 0 Å². The monoisotopic (exact) mass is 353 g/mol. The molecule has 3 nitrogen and oxygen atoms in total. The first-order valence-electron chi connectivity index (χ1n) is 6.82. The quantitative estimate of drug-likeness (QED) is 0.768. The van der Waals surface area contributed by atoms with Crippen LogP contribution < -0.4 is 5.32 Å². The fraction of sp³-hybridized carbons (Fsp3) is 0.467. The number of halogens is 1. The normalized spacial score (nSPS) is 11.6. The van der Waals surface area contributed by atoms with Crippen LogP contribution in [0.2, 0.25) is 0 Å². The predicted octanol–water partition coefficient (Wildman–Crippen LogP) is 4.64. The van der Waals surface area contributed by atoms with Gasteiger partial charge < -0.3 is 5.32 Å². The van der Waals surface area contributed by atoms with Gasteiger partial charge in [-0.3, -0.25) is 0 Å². The summed E-state index contributed by atoms with van der Waals surface area (Å²) in [7, 11) is 0. The fourth-order valence-corrected chi connectivity index (χ4v) is 3.23. The van der Waals surface area contributed by atoms with E-state index in [1.807, 2.05) is 6.07 Å². The molecule has 0 aromatic carbocycles. The molecule has 2 rings (SSSR count). The van der Waals surface area contributed by atoms with Gasteiger partial charge in [-0.05, 0) is 33.8 Å². The van der Waals surface area contributed by atoms with E-state index in [2.05, 4.69) is 69.5 Å². The number of hydrogen-bond donors (Lipinski definition) is 1. The van der Waals surface area contributed by atoms with Gasteiger partial charge in [-0.2, -0.15) is 0 Å². The first-order chi connectivity index (χ1) is 9.51. The number of hydrogen-bond acceptors (Lipinski definition) is 4. The largest absolute Gasteiger partial charge is 0.369 e. The van der Waals surface area contributed by atoms with Crippen molar-refractivity contribution in [3.63, 3.8) is 0 Å². The van der Waals surface area contributed by atoms with E-state index in [4.69, 9.17) is 0 Å². The Morgan fingerprint density at radius 2 is 2.15 bits per heavy atom. The smallest absolute Gasteiger partial charge is 0.132 e. The molecule has 0 aliphatic heterocycles. The summed E-state index contributed by atoms with van der Waals surface area (Å²) in [5.74, 6) is 1.78. The molecule has 0 spiro atoms. The molecular formula is C15H20BrN3S. The summed E-state index contributed by atoms with van der Waals surface area (Å²) in [5.41, 5.74) is 0.0938. The minimum absolute atomic E-state index is 0.0938. The first kappa shape index (κ1) is 15.4. The van der Waals surface area contributed by atoms with Crippen LogP contribution in [0.15, 0.2) is 28.2 Å². The zero-order chi connectivity index (χ0) is 14.6. The predicted molar refractivity (Wildman–Crippen MR) is 89.6 cm³/mol. The maximum atomic E-state index is 4.56. The molecule has 2 aromatic rings. The molecule has 0 amide bonds. The van der Waals surface area contributed by atoms with Crippen LogP contribution in [-0.2, 0) is 11.8 Å². The van der Waals surface area contributed by atoms with Gasteiger partial charge in [0.1, 0.15) is 16.2 Å². The van der Waals surface area contributed by atoms with E-state index in [1.165, 1.54) is 4.88 Å². The van der Waals surface area contributed by atoms with E-state index in [0.29, 0.717) is 0 Å². The Morgan fingerprint density at radius 1 is 1.35 bits per heavy atom. The van der Waals surface area contributed by atoms with Crippen molar-refractivity contribution >= 4 is 33.1 Å². The molecule has 2 heterocycles. The van der Waals surface area contributed by atoms with Crippen molar-refractivity contribution in [2.24, 2.45) is 0 Å². The molecule has 0 unspecified atom stereocenters. The molecular weight excluding hydrogens is 334 g/mol. The third-order valence-electron chi connectivity index (χ3n) is 3.11. The molecule has 0 saturated carbocycles. The SMILES string of the molecule is CCCc1nc(Br)cc(NCC(C)(C)c2cccs2)n1. The third-order valence-corrected chi connectivity index (χ3v) is 4.76. The maximum absolute atomic E-state index is 4.56. The second-order valence-corrected chi connectivity index (χ2v) is 7.22. The molecule has 2 aromatic heterocycles. The van der Waals surface area contributed by atoms with Gasteiger partial charge in [-0.1, -0.05) is 26.8 Å². The Kier molecular flexibility index (Phi) is 5.16. The molecule has 0 radical (unpaired) electrons. The van der Waals surface area contributed by atoms with Gasteiger partial charge >= 0.3 is 0 Å². The highest BCUT2D eigenvalue weighted by Crippen LogP contribution is 2.27. The average molecular weight is 354 g/mol. The van der Waals surface area contributed by atoms with E-state index < -0.39 is 0 Å². The lowest BCUT2D eigenvalue weighted by molar-refractivity contribution is 0.568. The van der Waals surface area contributed by atoms with E-state index in [0.717, 1.165) is 35.6 Å². The lowest BCUT2D eigenvalue weighted by Gasteiger charge is -2.24. The molecule has 0 aliphatic carbocycles. The van der Waals surface area contributed by atoms with E-state index in [1.54, 1.807) is 11.3 Å². The molecule has 108 valence electrons. The van der Waals surface area contributed by atoms with Gasteiger partial charge in [0.15, 0.2) is 0 Å². The van der Waals surface area contributed by atoms with Crippen LogP contribution in [0.4, 0.5) is 5.82 Å². The fourth-order valence-electron chi connectivity index (χ4n) is 1.95. The van der Waals surface area contributed by atoms with Gasteiger partial charge in [0.2, 0.25) is 0 Å². The number of nitrogens with one attached hydrogen (secondary N) is 1. The molecule has 0 saturated heterocycles. The first-order valence-corrected chi connectivity index (χ1v) is 8.50. The molecule has 0 atom stereocenters. The van der Waals surface area contributed by atoms with Crippen molar-refractivity contribution in [1.29, 1.82) is 0 Å². The molecule has 0 aliphatic rings. The van der Waals surface area contributed by atoms with E-state index in [-0.39, 0.29) is 5.41 Å². The number of nitrogens with zero attached hydrogens (tertiary/aromatic N) is 2. The lowest BCUT2D eigenvalue weighted by atomic mass is 9.91. The molecule has 5 heteroatoms. The Hall–Kier alpha value is -0.940. The Morgan fingerprint density at radius 3 is 2.80 bits per heavy atom. The summed E-state index contributed by atoms with van der Waals surface area (Å²) < 4.78 is 0.840. The van der Waals surface area contributed by atoms with Crippen LogP contribution >= 0.6 is 27.3 Å². The van der Waals surface area contributed by atoms with Gasteiger partial charge in [-0.15, -0.1) is 11.3 Å². The Balaban J connectivity index is 2.07. The molecule has 20 heavy (non-hydrogen) atoms. The minimum atomic E-state index is 0.0938. The Labute approximate surface area is 133 Å². The summed E-state index contributed by atoms with van der Waals surface area (Å²) in [4.78, 5) is 10.3. The highest BCUT2D eigenvalue weighted by atomic mass is 79.9. The zero-order valence-electron chi connectivity index (χ0n) is 12.1. The van der Waals surface area contributed by atoms with E-state index in [9.17, 15) is 0 Å². The van der Waals surface area contributed by atoms with Crippen LogP contribution in [0.5, 0.6) is 0 Å². The van der Waals surface area contributed by atoms with Gasteiger partial charge in [0.25, 0.3) is 0 Å². The van der Waals surface area contributed by atoms with Crippen LogP contribution in [-0.4, -0.2) is 16.5 Å². The molecule has 0 fully saturated rings. The molecule has 1 N–H and O–H groups in total. The highest BCUT2D eigenvalue weighted by Gasteiger charge is 2.21. The van der Waals surface area contributed by atoms with Crippen molar-refractivity contribution in [3.8, 4) is 0 Å². The number of aromatic nitrogens is 2. The second kappa shape index (κ2) is 6.68. The highest BCUT2D eigenvalue weighted by molar-refractivity contribution is 9.10. The van der Waals surface area contributed by atoms with Crippen molar-refractivity contribution in [2.45, 2.75) is 39.0 Å². The summed E-state index contributed by atoms with van der Waals surface area (Å²) in [5, 5.41) is 5.56. The van der Waals surface area contributed by atoms with Crippen LogP contribution in [0.1, 0.15) is 37.9 Å². The lowest BCUT2D eigenvalue weighted by Crippen LogP contribution is -2.27.